The summed E-state index contributed by atoms with van der Waals surface area (Å²) in [5.74, 6) is 0.249. The van der Waals surface area contributed by atoms with Crippen molar-refractivity contribution in [1.29, 1.82) is 0 Å². The fraction of sp³-hybridized carbons (Fsp3) is 0.304. The van der Waals surface area contributed by atoms with Crippen LogP contribution < -0.4 is 5.32 Å². The van der Waals surface area contributed by atoms with Crippen molar-refractivity contribution in [1.82, 2.24) is 4.90 Å². The molecule has 152 valence electrons. The van der Waals surface area contributed by atoms with Gasteiger partial charge >= 0.3 is 0 Å². The summed E-state index contributed by atoms with van der Waals surface area (Å²) < 4.78 is 5.68. The Balaban J connectivity index is 1.80. The number of furan rings is 1. The van der Waals surface area contributed by atoms with Crippen molar-refractivity contribution in [3.63, 3.8) is 0 Å². The Labute approximate surface area is 175 Å². The van der Waals surface area contributed by atoms with E-state index in [9.17, 15) is 9.59 Å². The Bertz CT molecular complexity index is 1050. The number of aryl methyl sites for hydroxylation is 1. The van der Waals surface area contributed by atoms with Gasteiger partial charge in [-0.1, -0.05) is 26.0 Å². The molecule has 29 heavy (non-hydrogen) atoms. The second-order valence-corrected chi connectivity index (χ2v) is 8.60. The number of carbonyl (C=O) groups is 2. The highest BCUT2D eigenvalue weighted by atomic mass is 32.2. The average Bonchev–Trinajstić information content (AvgIpc) is 3.03. The Morgan fingerprint density at radius 1 is 1.17 bits per heavy atom. The minimum absolute atomic E-state index is 0.0934. The number of benzene rings is 2. The highest BCUT2D eigenvalue weighted by molar-refractivity contribution is 8.13. The largest absolute Gasteiger partial charge is 0.464 e. The van der Waals surface area contributed by atoms with E-state index in [4.69, 9.17) is 4.42 Å². The lowest BCUT2D eigenvalue weighted by atomic mass is 9.95. The predicted octanol–water partition coefficient (Wildman–Crippen LogP) is 5.82. The maximum atomic E-state index is 12.7. The average molecular weight is 411 g/mol. The SMILES string of the molecule is Cc1cc2occ(CC(=O)Nc3ccccc3SC(=O)N(C)C)c2cc1C(C)C. The standard InChI is InChI=1S/C23H26N2O3S/c1-14(2)17-12-18-16(13-28-20(18)10-15(17)3)11-22(26)24-19-8-6-7-9-21(19)29-23(27)25(4)5/h6-10,12-14H,11H2,1-5H3,(H,24,26). The second-order valence-electron chi connectivity index (χ2n) is 7.60. The zero-order chi connectivity index (χ0) is 21.1. The van der Waals surface area contributed by atoms with Crippen molar-refractivity contribution >= 4 is 39.6 Å². The van der Waals surface area contributed by atoms with Crippen molar-refractivity contribution in [2.24, 2.45) is 0 Å². The molecule has 1 N–H and O–H groups in total. The van der Waals surface area contributed by atoms with Crippen molar-refractivity contribution in [3.8, 4) is 0 Å². The zero-order valence-electron chi connectivity index (χ0n) is 17.4. The van der Waals surface area contributed by atoms with Crippen molar-refractivity contribution in [2.75, 3.05) is 19.4 Å². The quantitative estimate of drug-likeness (QED) is 0.538. The van der Waals surface area contributed by atoms with Gasteiger partial charge in [0, 0.05) is 29.9 Å². The van der Waals surface area contributed by atoms with Gasteiger partial charge in [-0.15, -0.1) is 0 Å². The molecule has 0 fully saturated rings. The van der Waals surface area contributed by atoms with Crippen molar-refractivity contribution in [3.05, 3.63) is 59.4 Å². The van der Waals surface area contributed by atoms with Gasteiger partial charge in [0.1, 0.15) is 5.58 Å². The normalized spacial score (nSPS) is 11.1. The molecule has 5 nitrogen and oxygen atoms in total. The summed E-state index contributed by atoms with van der Waals surface area (Å²) in [5.41, 5.74) is 4.72. The van der Waals surface area contributed by atoms with Crippen LogP contribution in [-0.2, 0) is 11.2 Å². The lowest BCUT2D eigenvalue weighted by molar-refractivity contribution is -0.115. The number of thioether (sulfide) groups is 1. The molecule has 0 atom stereocenters. The molecule has 0 unspecified atom stereocenters. The third kappa shape index (κ3) is 4.82. The van der Waals surface area contributed by atoms with Crippen LogP contribution in [0.15, 0.2) is 52.0 Å². The van der Waals surface area contributed by atoms with Gasteiger partial charge in [-0.3, -0.25) is 9.59 Å². The fourth-order valence-electron chi connectivity index (χ4n) is 3.22. The van der Waals surface area contributed by atoms with Gasteiger partial charge in [-0.2, -0.15) is 0 Å². The molecule has 3 rings (SSSR count). The van der Waals surface area contributed by atoms with Gasteiger partial charge in [0.15, 0.2) is 0 Å². The van der Waals surface area contributed by atoms with E-state index < -0.39 is 0 Å². The molecule has 0 aliphatic heterocycles. The van der Waals surface area contributed by atoms with Gasteiger partial charge in [0.05, 0.1) is 18.4 Å². The van der Waals surface area contributed by atoms with Crippen LogP contribution >= 0.6 is 11.8 Å². The molecule has 0 saturated carbocycles. The molecule has 0 radical (unpaired) electrons. The van der Waals surface area contributed by atoms with E-state index in [0.717, 1.165) is 28.3 Å². The molecule has 0 aliphatic rings. The van der Waals surface area contributed by atoms with E-state index in [0.29, 0.717) is 16.5 Å². The van der Waals surface area contributed by atoms with Crippen LogP contribution in [0.5, 0.6) is 0 Å². The van der Waals surface area contributed by atoms with Gasteiger partial charge < -0.3 is 14.6 Å². The van der Waals surface area contributed by atoms with Gasteiger partial charge in [0.25, 0.3) is 5.24 Å². The van der Waals surface area contributed by atoms with E-state index in [-0.39, 0.29) is 17.6 Å². The van der Waals surface area contributed by atoms with E-state index >= 15 is 0 Å². The van der Waals surface area contributed by atoms with E-state index in [1.54, 1.807) is 26.4 Å². The maximum Gasteiger partial charge on any atom is 0.286 e. The topological polar surface area (TPSA) is 62.6 Å². The molecule has 2 amide bonds. The zero-order valence-corrected chi connectivity index (χ0v) is 18.2. The molecule has 6 heteroatoms. The number of nitrogens with one attached hydrogen (secondary N) is 1. The summed E-state index contributed by atoms with van der Waals surface area (Å²) in [6.45, 7) is 6.39. The maximum absolute atomic E-state index is 12.7. The van der Waals surface area contributed by atoms with E-state index in [1.165, 1.54) is 16.0 Å². The molecule has 1 heterocycles. The van der Waals surface area contributed by atoms with Gasteiger partial charge in [0.2, 0.25) is 5.91 Å². The first-order valence-corrected chi connectivity index (χ1v) is 10.4. The summed E-state index contributed by atoms with van der Waals surface area (Å²) in [6.07, 6.45) is 1.86. The monoisotopic (exact) mass is 410 g/mol. The highest BCUT2D eigenvalue weighted by Gasteiger charge is 2.16. The molecule has 0 bridgehead atoms. The molecule has 2 aromatic carbocycles. The summed E-state index contributed by atoms with van der Waals surface area (Å²) >= 11 is 1.09. The first kappa shape index (κ1) is 21.0. The van der Waals surface area contributed by atoms with Crippen LogP contribution in [0.3, 0.4) is 0 Å². The number of amides is 2. The summed E-state index contributed by atoms with van der Waals surface area (Å²) in [5, 5.41) is 3.81. The van der Waals surface area contributed by atoms with Crippen LogP contribution in [0.2, 0.25) is 0 Å². The smallest absolute Gasteiger partial charge is 0.286 e. The van der Waals surface area contributed by atoms with Crippen molar-refractivity contribution < 1.29 is 14.0 Å². The second kappa shape index (κ2) is 8.74. The van der Waals surface area contributed by atoms with Crippen LogP contribution in [0.4, 0.5) is 10.5 Å². The first-order chi connectivity index (χ1) is 13.8. The van der Waals surface area contributed by atoms with E-state index in [1.807, 2.05) is 24.3 Å². The number of fused-ring (bicyclic) bond motifs is 1. The number of carbonyl (C=O) groups excluding carboxylic acids is 2. The number of para-hydroxylation sites is 1. The molecule has 0 saturated heterocycles. The van der Waals surface area contributed by atoms with Crippen LogP contribution in [0, 0.1) is 6.92 Å². The minimum atomic E-state index is -0.148. The third-order valence-electron chi connectivity index (χ3n) is 4.74. The Hall–Kier alpha value is -2.73. The van der Waals surface area contributed by atoms with Crippen LogP contribution in [-0.4, -0.2) is 30.1 Å². The van der Waals surface area contributed by atoms with Crippen LogP contribution in [0.25, 0.3) is 11.0 Å². The lowest BCUT2D eigenvalue weighted by Crippen LogP contribution is -2.17. The lowest BCUT2D eigenvalue weighted by Gasteiger charge is -2.13. The van der Waals surface area contributed by atoms with Gasteiger partial charge in [-0.25, -0.2) is 0 Å². The Kier molecular flexibility index (Phi) is 6.33. The number of anilines is 1. The fourth-order valence-corrected chi connectivity index (χ4v) is 3.96. The number of nitrogens with zero attached hydrogens (tertiary/aromatic N) is 1. The minimum Gasteiger partial charge on any atom is -0.464 e. The highest BCUT2D eigenvalue weighted by Crippen LogP contribution is 2.31. The number of hydrogen-bond donors (Lipinski definition) is 1. The van der Waals surface area contributed by atoms with Crippen LogP contribution in [0.1, 0.15) is 36.5 Å². The Morgan fingerprint density at radius 3 is 2.59 bits per heavy atom. The van der Waals surface area contributed by atoms with E-state index in [2.05, 4.69) is 32.2 Å². The summed E-state index contributed by atoms with van der Waals surface area (Å²) in [6, 6.07) is 11.5. The molecule has 3 aromatic rings. The number of hydrogen-bond acceptors (Lipinski definition) is 4. The molecular formula is C23H26N2O3S. The number of rotatable bonds is 5. The molecule has 1 aromatic heterocycles. The molecule has 0 spiro atoms. The summed E-state index contributed by atoms with van der Waals surface area (Å²) in [4.78, 5) is 27.0. The molecule has 0 aliphatic carbocycles. The predicted molar refractivity (Wildman–Crippen MR) is 119 cm³/mol. The first-order valence-electron chi connectivity index (χ1n) is 9.55. The third-order valence-corrected chi connectivity index (χ3v) is 5.85. The molecular weight excluding hydrogens is 384 g/mol. The summed E-state index contributed by atoms with van der Waals surface area (Å²) in [7, 11) is 3.40. The Morgan fingerprint density at radius 2 is 1.90 bits per heavy atom. The van der Waals surface area contributed by atoms with Crippen molar-refractivity contribution in [2.45, 2.75) is 38.0 Å². The van der Waals surface area contributed by atoms with Gasteiger partial charge in [-0.05, 0) is 60.0 Å².